The molecule has 0 radical (unpaired) electrons. The Morgan fingerprint density at radius 1 is 1.24 bits per heavy atom. The lowest BCUT2D eigenvalue weighted by Crippen LogP contribution is -2.42. The quantitative estimate of drug-likeness (QED) is 0.870. The highest BCUT2D eigenvalue weighted by Gasteiger charge is 2.25. The second-order valence-corrected chi connectivity index (χ2v) is 6.82. The predicted molar refractivity (Wildman–Crippen MR) is 100 cm³/mol. The SMILES string of the molecule is CN(C)CCNC(=O)C1CCN(c2ccc(-n3cccc3)cn2)CC1. The second-order valence-electron chi connectivity index (χ2n) is 6.82. The van der Waals surface area contributed by atoms with Crippen LogP contribution in [0.15, 0.2) is 42.9 Å². The molecular formula is C19H27N5O. The van der Waals surface area contributed by atoms with E-state index < -0.39 is 0 Å². The van der Waals surface area contributed by atoms with Crippen molar-refractivity contribution in [3.63, 3.8) is 0 Å². The minimum atomic E-state index is 0.123. The molecule has 134 valence electrons. The van der Waals surface area contributed by atoms with Crippen LogP contribution in [0.4, 0.5) is 5.82 Å². The van der Waals surface area contributed by atoms with Crippen molar-refractivity contribution in [1.82, 2.24) is 19.8 Å². The lowest BCUT2D eigenvalue weighted by atomic mass is 9.96. The van der Waals surface area contributed by atoms with E-state index in [1.165, 1.54) is 0 Å². The molecule has 1 N–H and O–H groups in total. The van der Waals surface area contributed by atoms with Crippen LogP contribution < -0.4 is 10.2 Å². The van der Waals surface area contributed by atoms with Crippen LogP contribution >= 0.6 is 0 Å². The predicted octanol–water partition coefficient (Wildman–Crippen LogP) is 1.77. The van der Waals surface area contributed by atoms with Gasteiger partial charge in [0.2, 0.25) is 5.91 Å². The number of anilines is 1. The van der Waals surface area contributed by atoms with Gasteiger partial charge in [-0.05, 0) is 51.2 Å². The third kappa shape index (κ3) is 4.60. The molecule has 1 aliphatic rings. The zero-order valence-corrected chi connectivity index (χ0v) is 15.1. The number of hydrogen-bond donors (Lipinski definition) is 1. The van der Waals surface area contributed by atoms with Crippen molar-refractivity contribution in [3.8, 4) is 5.69 Å². The van der Waals surface area contributed by atoms with Gasteiger partial charge < -0.3 is 19.7 Å². The Kier molecular flexibility index (Phi) is 5.71. The summed E-state index contributed by atoms with van der Waals surface area (Å²) in [5, 5.41) is 3.04. The topological polar surface area (TPSA) is 53.4 Å². The molecule has 0 spiro atoms. The summed E-state index contributed by atoms with van der Waals surface area (Å²) in [5.41, 5.74) is 1.06. The first-order valence-electron chi connectivity index (χ1n) is 8.90. The first-order valence-corrected chi connectivity index (χ1v) is 8.90. The van der Waals surface area contributed by atoms with Gasteiger partial charge in [-0.2, -0.15) is 0 Å². The van der Waals surface area contributed by atoms with Crippen LogP contribution in [0, 0.1) is 5.92 Å². The summed E-state index contributed by atoms with van der Waals surface area (Å²) in [6.07, 6.45) is 7.69. The Morgan fingerprint density at radius 3 is 2.56 bits per heavy atom. The zero-order valence-electron chi connectivity index (χ0n) is 15.1. The normalized spacial score (nSPS) is 15.6. The van der Waals surface area contributed by atoms with Crippen molar-refractivity contribution < 1.29 is 4.79 Å². The molecule has 0 atom stereocenters. The number of piperidine rings is 1. The number of aromatic nitrogens is 2. The molecule has 1 fully saturated rings. The highest BCUT2D eigenvalue weighted by Crippen LogP contribution is 2.22. The Morgan fingerprint density at radius 2 is 1.96 bits per heavy atom. The number of likely N-dealkylation sites (N-methyl/N-ethyl adjacent to an activating group) is 1. The van der Waals surface area contributed by atoms with Gasteiger partial charge >= 0.3 is 0 Å². The van der Waals surface area contributed by atoms with E-state index in [0.717, 1.165) is 44.0 Å². The number of amides is 1. The highest BCUT2D eigenvalue weighted by atomic mass is 16.1. The van der Waals surface area contributed by atoms with E-state index in [1.54, 1.807) is 0 Å². The molecule has 0 aliphatic carbocycles. The van der Waals surface area contributed by atoms with Crippen LogP contribution in [0.2, 0.25) is 0 Å². The molecule has 6 nitrogen and oxygen atoms in total. The first-order chi connectivity index (χ1) is 12.1. The minimum Gasteiger partial charge on any atom is -0.357 e. The Labute approximate surface area is 149 Å². The minimum absolute atomic E-state index is 0.123. The molecule has 0 saturated carbocycles. The number of nitrogens with one attached hydrogen (secondary N) is 1. The number of rotatable bonds is 6. The molecule has 25 heavy (non-hydrogen) atoms. The molecule has 1 amide bonds. The smallest absolute Gasteiger partial charge is 0.223 e. The van der Waals surface area contributed by atoms with E-state index >= 15 is 0 Å². The van der Waals surface area contributed by atoms with Gasteiger partial charge in [0.05, 0.1) is 11.9 Å². The first kappa shape index (κ1) is 17.5. The van der Waals surface area contributed by atoms with Crippen LogP contribution in [0.5, 0.6) is 0 Å². The Bertz CT molecular complexity index is 658. The van der Waals surface area contributed by atoms with Crippen molar-refractivity contribution in [3.05, 3.63) is 42.9 Å². The van der Waals surface area contributed by atoms with Crippen LogP contribution in [0.25, 0.3) is 5.69 Å². The molecule has 3 heterocycles. The fourth-order valence-electron chi connectivity index (χ4n) is 3.14. The summed E-state index contributed by atoms with van der Waals surface area (Å²) in [6, 6.07) is 8.15. The number of pyridine rings is 1. The van der Waals surface area contributed by atoms with Crippen molar-refractivity contribution in [2.24, 2.45) is 5.92 Å². The van der Waals surface area contributed by atoms with E-state index in [1.807, 2.05) is 49.4 Å². The summed E-state index contributed by atoms with van der Waals surface area (Å²) in [5.74, 6) is 1.30. The van der Waals surface area contributed by atoms with E-state index in [4.69, 9.17) is 0 Å². The average molecular weight is 341 g/mol. The van der Waals surface area contributed by atoms with E-state index in [2.05, 4.69) is 32.2 Å². The lowest BCUT2D eigenvalue weighted by Gasteiger charge is -2.32. The fourth-order valence-corrected chi connectivity index (χ4v) is 3.14. The lowest BCUT2D eigenvalue weighted by molar-refractivity contribution is -0.125. The summed E-state index contributed by atoms with van der Waals surface area (Å²) in [6.45, 7) is 3.35. The van der Waals surface area contributed by atoms with Gasteiger partial charge in [-0.15, -0.1) is 0 Å². The third-order valence-corrected chi connectivity index (χ3v) is 4.68. The summed E-state index contributed by atoms with van der Waals surface area (Å²) < 4.78 is 2.04. The van der Waals surface area contributed by atoms with E-state index in [-0.39, 0.29) is 11.8 Å². The molecule has 0 unspecified atom stereocenters. The maximum Gasteiger partial charge on any atom is 0.223 e. The molecule has 6 heteroatoms. The largest absolute Gasteiger partial charge is 0.357 e. The van der Waals surface area contributed by atoms with E-state index in [9.17, 15) is 4.79 Å². The molecule has 3 rings (SSSR count). The number of hydrogen-bond acceptors (Lipinski definition) is 4. The number of carbonyl (C=O) groups excluding carboxylic acids is 1. The van der Waals surface area contributed by atoms with Gasteiger partial charge in [0, 0.05) is 44.5 Å². The molecule has 0 bridgehead atoms. The molecule has 2 aromatic rings. The molecule has 1 saturated heterocycles. The van der Waals surface area contributed by atoms with Crippen LogP contribution in [-0.2, 0) is 4.79 Å². The Hall–Kier alpha value is -2.34. The van der Waals surface area contributed by atoms with Crippen LogP contribution in [0.1, 0.15) is 12.8 Å². The average Bonchev–Trinajstić information content (AvgIpc) is 3.16. The standard InChI is InChI=1S/C19H27N5O/c1-22(2)14-9-20-19(25)16-7-12-24(13-8-16)18-6-5-17(15-21-18)23-10-3-4-11-23/h3-6,10-11,15-16H,7-9,12-14H2,1-2H3,(H,20,25). The zero-order chi connectivity index (χ0) is 17.6. The molecule has 1 aliphatic heterocycles. The van der Waals surface area contributed by atoms with Crippen molar-refractivity contribution >= 4 is 11.7 Å². The molecule has 0 aromatic carbocycles. The summed E-state index contributed by atoms with van der Waals surface area (Å²) in [7, 11) is 4.03. The van der Waals surface area contributed by atoms with Crippen LogP contribution in [0.3, 0.4) is 0 Å². The third-order valence-electron chi connectivity index (χ3n) is 4.68. The Balaban J connectivity index is 1.49. The van der Waals surface area contributed by atoms with Gasteiger partial charge in [0.25, 0.3) is 0 Å². The van der Waals surface area contributed by atoms with Gasteiger partial charge in [-0.3, -0.25) is 4.79 Å². The number of nitrogens with zero attached hydrogens (tertiary/aromatic N) is 4. The van der Waals surface area contributed by atoms with Crippen molar-refractivity contribution in [2.45, 2.75) is 12.8 Å². The highest BCUT2D eigenvalue weighted by molar-refractivity contribution is 5.78. The summed E-state index contributed by atoms with van der Waals surface area (Å²) in [4.78, 5) is 21.2. The maximum absolute atomic E-state index is 12.2. The molecular weight excluding hydrogens is 314 g/mol. The van der Waals surface area contributed by atoms with Gasteiger partial charge in [0.15, 0.2) is 0 Å². The van der Waals surface area contributed by atoms with Crippen molar-refractivity contribution in [2.75, 3.05) is 45.2 Å². The van der Waals surface area contributed by atoms with Gasteiger partial charge in [-0.1, -0.05) is 0 Å². The van der Waals surface area contributed by atoms with Gasteiger partial charge in [0.1, 0.15) is 5.82 Å². The summed E-state index contributed by atoms with van der Waals surface area (Å²) >= 11 is 0. The van der Waals surface area contributed by atoms with Gasteiger partial charge in [-0.25, -0.2) is 4.98 Å². The van der Waals surface area contributed by atoms with Crippen LogP contribution in [-0.4, -0.2) is 60.6 Å². The second kappa shape index (κ2) is 8.16. The fraction of sp³-hybridized carbons (Fsp3) is 0.474. The number of carbonyl (C=O) groups is 1. The van der Waals surface area contributed by atoms with Crippen molar-refractivity contribution in [1.29, 1.82) is 0 Å². The monoisotopic (exact) mass is 341 g/mol. The maximum atomic E-state index is 12.2. The van der Waals surface area contributed by atoms with E-state index in [0.29, 0.717) is 6.54 Å². The molecule has 2 aromatic heterocycles.